The second-order valence-electron chi connectivity index (χ2n) is 7.57. The molecule has 0 bridgehead atoms. The number of nitrogens with zero attached hydrogens (tertiary/aromatic N) is 5. The van der Waals surface area contributed by atoms with Crippen LogP contribution in [0, 0.1) is 5.92 Å². The molecular formula is C22H24N6O4. The molecule has 4 rings (SSSR count). The van der Waals surface area contributed by atoms with Crippen molar-refractivity contribution in [3.63, 3.8) is 0 Å². The molecule has 3 heterocycles. The third-order valence-corrected chi connectivity index (χ3v) is 5.19. The van der Waals surface area contributed by atoms with Gasteiger partial charge in [0.15, 0.2) is 0 Å². The summed E-state index contributed by atoms with van der Waals surface area (Å²) in [5.74, 6) is 0.965. The standard InChI is InChI=1S/C22H24N6O4/c29-20(13-25-22(30)31-15-16-5-2-1-3-6-16)28-10-4-7-17(14-28)11-19-26-21(27-32-19)18-12-23-8-9-24-18/h1-3,5-6,8-9,12,17H,4,7,10-11,13-15H2,(H,25,30)/t17-/m0/s1. The van der Waals surface area contributed by atoms with Crippen LogP contribution in [0.25, 0.3) is 11.5 Å². The van der Waals surface area contributed by atoms with Crippen molar-refractivity contribution >= 4 is 12.0 Å². The summed E-state index contributed by atoms with van der Waals surface area (Å²) >= 11 is 0. The van der Waals surface area contributed by atoms with Crippen LogP contribution in [0.15, 0.2) is 53.4 Å². The summed E-state index contributed by atoms with van der Waals surface area (Å²) in [6.45, 7) is 1.29. The maximum absolute atomic E-state index is 12.6. The van der Waals surface area contributed by atoms with E-state index in [2.05, 4.69) is 25.4 Å². The second kappa shape index (κ2) is 10.5. The van der Waals surface area contributed by atoms with Gasteiger partial charge in [0.1, 0.15) is 18.8 Å². The lowest BCUT2D eigenvalue weighted by molar-refractivity contribution is -0.132. The van der Waals surface area contributed by atoms with Crippen molar-refractivity contribution in [3.8, 4) is 11.5 Å². The highest BCUT2D eigenvalue weighted by Crippen LogP contribution is 2.21. The molecule has 10 nitrogen and oxygen atoms in total. The van der Waals surface area contributed by atoms with Crippen LogP contribution in [0.2, 0.25) is 0 Å². The summed E-state index contributed by atoms with van der Waals surface area (Å²) in [7, 11) is 0. The van der Waals surface area contributed by atoms with E-state index in [-0.39, 0.29) is 25.0 Å². The van der Waals surface area contributed by atoms with Crippen LogP contribution in [0.4, 0.5) is 4.79 Å². The summed E-state index contributed by atoms with van der Waals surface area (Å²) in [6.07, 6.45) is 6.52. The van der Waals surface area contributed by atoms with Crippen molar-refractivity contribution in [2.75, 3.05) is 19.6 Å². The Morgan fingerprint density at radius 3 is 2.91 bits per heavy atom. The lowest BCUT2D eigenvalue weighted by Gasteiger charge is -2.32. The number of likely N-dealkylation sites (tertiary alicyclic amines) is 1. The van der Waals surface area contributed by atoms with Gasteiger partial charge in [0.05, 0.1) is 6.20 Å². The highest BCUT2D eigenvalue weighted by atomic mass is 16.5. The van der Waals surface area contributed by atoms with E-state index >= 15 is 0 Å². The van der Waals surface area contributed by atoms with Gasteiger partial charge in [0.2, 0.25) is 17.6 Å². The summed E-state index contributed by atoms with van der Waals surface area (Å²) < 4.78 is 10.5. The lowest BCUT2D eigenvalue weighted by Crippen LogP contribution is -2.45. The Balaban J connectivity index is 1.22. The predicted molar refractivity (Wildman–Crippen MR) is 113 cm³/mol. The molecule has 0 radical (unpaired) electrons. The van der Waals surface area contributed by atoms with Crippen LogP contribution in [0.1, 0.15) is 24.3 Å². The molecule has 1 atom stereocenters. The van der Waals surface area contributed by atoms with E-state index in [1.165, 1.54) is 0 Å². The average molecular weight is 436 g/mol. The maximum Gasteiger partial charge on any atom is 0.407 e. The minimum atomic E-state index is -0.613. The van der Waals surface area contributed by atoms with Gasteiger partial charge < -0.3 is 19.5 Å². The highest BCUT2D eigenvalue weighted by Gasteiger charge is 2.26. The fraction of sp³-hybridized carbons (Fsp3) is 0.364. The molecule has 166 valence electrons. The Kier molecular flexibility index (Phi) is 7.01. The van der Waals surface area contributed by atoms with Crippen LogP contribution in [0.5, 0.6) is 0 Å². The first kappa shape index (κ1) is 21.4. The number of ether oxygens (including phenoxy) is 1. The maximum atomic E-state index is 12.6. The number of hydrogen-bond donors (Lipinski definition) is 1. The molecule has 0 unspecified atom stereocenters. The van der Waals surface area contributed by atoms with Crippen molar-refractivity contribution in [1.29, 1.82) is 0 Å². The third-order valence-electron chi connectivity index (χ3n) is 5.19. The van der Waals surface area contributed by atoms with Crippen LogP contribution < -0.4 is 5.32 Å². The molecule has 1 aliphatic rings. The van der Waals surface area contributed by atoms with E-state index in [1.54, 1.807) is 23.5 Å². The van der Waals surface area contributed by atoms with Gasteiger partial charge in [-0.3, -0.25) is 9.78 Å². The third kappa shape index (κ3) is 5.87. The number of hydrogen-bond acceptors (Lipinski definition) is 8. The summed E-state index contributed by atoms with van der Waals surface area (Å²) in [4.78, 5) is 38.8. The molecule has 1 aliphatic heterocycles. The summed E-state index contributed by atoms with van der Waals surface area (Å²) in [5.41, 5.74) is 1.43. The van der Waals surface area contributed by atoms with Crippen molar-refractivity contribution in [1.82, 2.24) is 30.3 Å². The van der Waals surface area contributed by atoms with Crippen LogP contribution in [-0.2, 0) is 22.6 Å². The fourth-order valence-electron chi connectivity index (χ4n) is 3.60. The molecule has 1 aromatic carbocycles. The summed E-state index contributed by atoms with van der Waals surface area (Å²) in [6, 6.07) is 9.37. The number of rotatable bonds is 7. The zero-order chi connectivity index (χ0) is 22.2. The van der Waals surface area contributed by atoms with E-state index in [9.17, 15) is 9.59 Å². The van der Waals surface area contributed by atoms with Gasteiger partial charge in [0.25, 0.3) is 0 Å². The second-order valence-corrected chi connectivity index (χ2v) is 7.57. The molecule has 3 aromatic rings. The Bertz CT molecular complexity index is 1030. The van der Waals surface area contributed by atoms with Crippen molar-refractivity contribution in [3.05, 3.63) is 60.4 Å². The number of benzene rings is 1. The number of amides is 2. The quantitative estimate of drug-likeness (QED) is 0.598. The molecule has 32 heavy (non-hydrogen) atoms. The molecule has 0 aliphatic carbocycles. The number of carbonyl (C=O) groups excluding carboxylic acids is 2. The SMILES string of the molecule is O=C(NCC(=O)N1CCC[C@@H](Cc2nc(-c3cnccn3)no2)C1)OCc1ccccc1. The van der Waals surface area contributed by atoms with Crippen molar-refractivity contribution < 1.29 is 18.8 Å². The van der Waals surface area contributed by atoms with Crippen LogP contribution >= 0.6 is 0 Å². The number of alkyl carbamates (subject to hydrolysis) is 1. The number of carbonyl (C=O) groups is 2. The van der Waals surface area contributed by atoms with E-state index in [4.69, 9.17) is 9.26 Å². The van der Waals surface area contributed by atoms with Gasteiger partial charge in [0, 0.05) is 31.9 Å². The van der Waals surface area contributed by atoms with E-state index in [0.717, 1.165) is 18.4 Å². The normalized spacial score (nSPS) is 15.9. The van der Waals surface area contributed by atoms with E-state index < -0.39 is 6.09 Å². The molecule has 10 heteroatoms. The van der Waals surface area contributed by atoms with Crippen molar-refractivity contribution in [2.24, 2.45) is 5.92 Å². The zero-order valence-electron chi connectivity index (χ0n) is 17.5. The monoisotopic (exact) mass is 436 g/mol. The molecule has 2 aromatic heterocycles. The molecule has 1 N–H and O–H groups in total. The Hall–Kier alpha value is -3.82. The zero-order valence-corrected chi connectivity index (χ0v) is 17.5. The minimum absolute atomic E-state index is 0.0995. The fourth-order valence-corrected chi connectivity index (χ4v) is 3.60. The van der Waals surface area contributed by atoms with E-state index in [0.29, 0.717) is 36.9 Å². The van der Waals surface area contributed by atoms with Crippen molar-refractivity contribution in [2.45, 2.75) is 25.9 Å². The van der Waals surface area contributed by atoms with Gasteiger partial charge in [-0.15, -0.1) is 0 Å². The van der Waals surface area contributed by atoms with E-state index in [1.807, 2.05) is 30.3 Å². The Labute approximate surface area is 185 Å². The topological polar surface area (TPSA) is 123 Å². The van der Waals surface area contributed by atoms with Crippen LogP contribution in [-0.4, -0.2) is 56.6 Å². The van der Waals surface area contributed by atoms with Gasteiger partial charge in [-0.1, -0.05) is 35.5 Å². The molecule has 2 amide bonds. The average Bonchev–Trinajstić information content (AvgIpc) is 3.31. The van der Waals surface area contributed by atoms with Gasteiger partial charge in [-0.25, -0.2) is 9.78 Å². The number of aromatic nitrogens is 4. The minimum Gasteiger partial charge on any atom is -0.445 e. The Morgan fingerprint density at radius 2 is 2.09 bits per heavy atom. The number of nitrogens with one attached hydrogen (secondary N) is 1. The first-order valence-electron chi connectivity index (χ1n) is 10.5. The first-order valence-corrected chi connectivity index (χ1v) is 10.5. The predicted octanol–water partition coefficient (Wildman–Crippen LogP) is 2.23. The summed E-state index contributed by atoms with van der Waals surface area (Å²) in [5, 5.41) is 6.49. The molecule has 1 saturated heterocycles. The molecule has 0 saturated carbocycles. The Morgan fingerprint density at radius 1 is 1.22 bits per heavy atom. The van der Waals surface area contributed by atoms with Crippen LogP contribution in [0.3, 0.4) is 0 Å². The highest BCUT2D eigenvalue weighted by molar-refractivity contribution is 5.82. The molecular weight excluding hydrogens is 412 g/mol. The number of piperidine rings is 1. The van der Waals surface area contributed by atoms with Gasteiger partial charge in [-0.05, 0) is 24.3 Å². The molecule has 0 spiro atoms. The lowest BCUT2D eigenvalue weighted by atomic mass is 9.94. The van der Waals surface area contributed by atoms with Gasteiger partial charge in [-0.2, -0.15) is 4.98 Å². The molecule has 1 fully saturated rings. The van der Waals surface area contributed by atoms with Gasteiger partial charge >= 0.3 is 6.09 Å². The first-order chi connectivity index (χ1) is 15.7. The largest absolute Gasteiger partial charge is 0.445 e. The smallest absolute Gasteiger partial charge is 0.407 e.